The Morgan fingerprint density at radius 3 is 2.48 bits per heavy atom. The van der Waals surface area contributed by atoms with Crippen LogP contribution in [0, 0.1) is 6.92 Å². The van der Waals surface area contributed by atoms with E-state index in [1.807, 2.05) is 55.5 Å². The molecule has 0 aliphatic carbocycles. The first-order valence-electron chi connectivity index (χ1n) is 13.6. The Morgan fingerprint density at radius 2 is 1.70 bits per heavy atom. The molecule has 0 saturated heterocycles. The van der Waals surface area contributed by atoms with Gasteiger partial charge in [0, 0.05) is 19.2 Å². The molecule has 6 aromatic rings. The standard InChI is InChI=1S/C33H26N4O5S2/c1-22-12-17-28-30(18-22)43-33(35-28)37(34-19-25-21-42-29-11-7-6-10-27(29)31(25)38)32(39)24-13-15-26(16-14-24)44(40,41)36(2)20-23-8-4-3-5-9-23/h3-19,21H,20H2,1-2H3/b34-19+. The Labute approximate surface area is 257 Å². The number of carbonyl (C=O) groups is 1. The van der Waals surface area contributed by atoms with E-state index in [2.05, 4.69) is 10.1 Å². The van der Waals surface area contributed by atoms with E-state index in [9.17, 15) is 18.0 Å². The van der Waals surface area contributed by atoms with Gasteiger partial charge in [-0.15, -0.1) is 0 Å². The largest absolute Gasteiger partial charge is 0.463 e. The zero-order valence-corrected chi connectivity index (χ0v) is 25.4. The molecule has 0 bridgehead atoms. The summed E-state index contributed by atoms with van der Waals surface area (Å²) in [6, 6.07) is 27.6. The smallest absolute Gasteiger partial charge is 0.280 e. The lowest BCUT2D eigenvalue weighted by molar-refractivity contribution is 0.0987. The fourth-order valence-electron chi connectivity index (χ4n) is 4.60. The molecule has 0 unspecified atom stereocenters. The molecule has 0 atom stereocenters. The number of aromatic nitrogens is 1. The average Bonchev–Trinajstić information content (AvgIpc) is 3.45. The normalized spacial score (nSPS) is 12.0. The van der Waals surface area contributed by atoms with Gasteiger partial charge >= 0.3 is 0 Å². The highest BCUT2D eigenvalue weighted by atomic mass is 32.2. The number of thiazole rings is 1. The number of carbonyl (C=O) groups excluding carboxylic acids is 1. The first-order valence-corrected chi connectivity index (χ1v) is 15.8. The van der Waals surface area contributed by atoms with Crippen LogP contribution in [0.4, 0.5) is 5.13 Å². The highest BCUT2D eigenvalue weighted by Gasteiger charge is 2.24. The molecule has 0 N–H and O–H groups in total. The monoisotopic (exact) mass is 622 g/mol. The van der Waals surface area contributed by atoms with Crippen molar-refractivity contribution in [3.8, 4) is 0 Å². The third-order valence-corrected chi connectivity index (χ3v) is 9.79. The number of nitrogens with zero attached hydrogens (tertiary/aromatic N) is 4. The number of rotatable bonds is 8. The number of aryl methyl sites for hydroxylation is 1. The molecule has 2 aromatic heterocycles. The number of para-hydroxylation sites is 1. The minimum atomic E-state index is -3.82. The maximum atomic E-state index is 13.9. The summed E-state index contributed by atoms with van der Waals surface area (Å²) < 4.78 is 34.2. The topological polar surface area (TPSA) is 113 Å². The van der Waals surface area contributed by atoms with Crippen LogP contribution in [0.25, 0.3) is 21.2 Å². The lowest BCUT2D eigenvalue weighted by Crippen LogP contribution is -2.27. The second-order valence-corrected chi connectivity index (χ2v) is 13.2. The predicted octanol–water partition coefficient (Wildman–Crippen LogP) is 6.21. The van der Waals surface area contributed by atoms with Crippen molar-refractivity contribution in [2.45, 2.75) is 18.4 Å². The number of fused-ring (bicyclic) bond motifs is 2. The Hall–Kier alpha value is -4.97. The van der Waals surface area contributed by atoms with E-state index in [1.165, 1.54) is 59.4 Å². The summed E-state index contributed by atoms with van der Waals surface area (Å²) >= 11 is 1.27. The van der Waals surface area contributed by atoms with Gasteiger partial charge in [0.05, 0.1) is 32.3 Å². The molecule has 4 aromatic carbocycles. The Bertz CT molecular complexity index is 2190. The molecule has 44 heavy (non-hydrogen) atoms. The second kappa shape index (κ2) is 12.0. The van der Waals surface area contributed by atoms with E-state index >= 15 is 0 Å². The van der Waals surface area contributed by atoms with Crippen molar-refractivity contribution < 1.29 is 17.6 Å². The summed E-state index contributed by atoms with van der Waals surface area (Å²) in [6.45, 7) is 2.16. The number of hydrogen-bond donors (Lipinski definition) is 0. The molecule has 9 nitrogen and oxygen atoms in total. The van der Waals surface area contributed by atoms with Crippen LogP contribution in [-0.4, -0.2) is 36.9 Å². The van der Waals surface area contributed by atoms with Crippen LogP contribution in [-0.2, 0) is 16.6 Å². The van der Waals surface area contributed by atoms with Gasteiger partial charge in [0.2, 0.25) is 20.6 Å². The molecular formula is C33H26N4O5S2. The Balaban J connectivity index is 1.33. The molecule has 2 heterocycles. The van der Waals surface area contributed by atoms with Crippen molar-refractivity contribution in [2.75, 3.05) is 12.1 Å². The summed E-state index contributed by atoms with van der Waals surface area (Å²) in [7, 11) is -2.31. The van der Waals surface area contributed by atoms with Gasteiger partial charge in [0.1, 0.15) is 11.8 Å². The van der Waals surface area contributed by atoms with E-state index in [4.69, 9.17) is 4.42 Å². The van der Waals surface area contributed by atoms with Crippen LogP contribution in [0.15, 0.2) is 123 Å². The number of hydrazone groups is 1. The van der Waals surface area contributed by atoms with Crippen molar-refractivity contribution in [1.29, 1.82) is 0 Å². The summed E-state index contributed by atoms with van der Waals surface area (Å²) in [6.07, 6.45) is 2.56. The molecule has 1 amide bonds. The molecule has 6 rings (SSSR count). The van der Waals surface area contributed by atoms with Crippen LogP contribution >= 0.6 is 11.3 Å². The van der Waals surface area contributed by atoms with E-state index in [-0.39, 0.29) is 33.1 Å². The highest BCUT2D eigenvalue weighted by molar-refractivity contribution is 7.89. The maximum absolute atomic E-state index is 13.9. The first-order chi connectivity index (χ1) is 21.2. The van der Waals surface area contributed by atoms with E-state index in [0.29, 0.717) is 16.5 Å². The van der Waals surface area contributed by atoms with Crippen molar-refractivity contribution >= 4 is 59.8 Å². The van der Waals surface area contributed by atoms with Crippen LogP contribution in [0.5, 0.6) is 0 Å². The minimum absolute atomic E-state index is 0.0479. The third kappa shape index (κ3) is 5.80. The second-order valence-electron chi connectivity index (χ2n) is 10.1. The lowest BCUT2D eigenvalue weighted by Gasteiger charge is -2.18. The zero-order valence-electron chi connectivity index (χ0n) is 23.7. The van der Waals surface area contributed by atoms with Gasteiger partial charge in [-0.25, -0.2) is 13.4 Å². The van der Waals surface area contributed by atoms with Crippen LogP contribution < -0.4 is 10.4 Å². The summed E-state index contributed by atoms with van der Waals surface area (Å²) in [5.41, 5.74) is 3.07. The third-order valence-electron chi connectivity index (χ3n) is 6.98. The molecule has 0 radical (unpaired) electrons. The van der Waals surface area contributed by atoms with Crippen LogP contribution in [0.1, 0.15) is 27.0 Å². The van der Waals surface area contributed by atoms with Gasteiger partial charge < -0.3 is 4.42 Å². The van der Waals surface area contributed by atoms with Crippen molar-refractivity contribution in [1.82, 2.24) is 9.29 Å². The van der Waals surface area contributed by atoms with Crippen LogP contribution in [0.3, 0.4) is 0 Å². The maximum Gasteiger partial charge on any atom is 0.280 e. The summed E-state index contributed by atoms with van der Waals surface area (Å²) in [5, 5.41) is 6.18. The van der Waals surface area contributed by atoms with Gasteiger partial charge in [-0.05, 0) is 66.6 Å². The van der Waals surface area contributed by atoms with Crippen molar-refractivity contribution in [2.24, 2.45) is 5.10 Å². The number of benzene rings is 4. The molecule has 0 aliphatic heterocycles. The molecular weight excluding hydrogens is 597 g/mol. The number of hydrogen-bond acceptors (Lipinski definition) is 8. The van der Waals surface area contributed by atoms with Gasteiger partial charge in [-0.2, -0.15) is 14.4 Å². The molecule has 0 fully saturated rings. The fourth-order valence-corrected chi connectivity index (χ4v) is 6.78. The van der Waals surface area contributed by atoms with Crippen LogP contribution in [0.2, 0.25) is 0 Å². The zero-order chi connectivity index (χ0) is 30.8. The SMILES string of the molecule is Cc1ccc2nc(N(/N=C/c3coc4ccccc4c3=O)C(=O)c3ccc(S(=O)(=O)N(C)Cc4ccccc4)cc3)sc2c1. The predicted molar refractivity (Wildman–Crippen MR) is 173 cm³/mol. The number of anilines is 1. The summed E-state index contributed by atoms with van der Waals surface area (Å²) in [4.78, 5) is 31.6. The van der Waals surface area contributed by atoms with Gasteiger partial charge in [-0.1, -0.05) is 59.9 Å². The molecule has 0 spiro atoms. The lowest BCUT2D eigenvalue weighted by atomic mass is 10.2. The molecule has 0 saturated carbocycles. The fraction of sp³-hybridized carbons (Fsp3) is 0.0909. The molecule has 11 heteroatoms. The highest BCUT2D eigenvalue weighted by Crippen LogP contribution is 2.31. The van der Waals surface area contributed by atoms with Crippen molar-refractivity contribution in [3.63, 3.8) is 0 Å². The van der Waals surface area contributed by atoms with Crippen molar-refractivity contribution in [3.05, 3.63) is 136 Å². The van der Waals surface area contributed by atoms with Gasteiger partial charge in [0.15, 0.2) is 0 Å². The van der Waals surface area contributed by atoms with Gasteiger partial charge in [-0.3, -0.25) is 9.59 Å². The van der Waals surface area contributed by atoms with Gasteiger partial charge in [0.25, 0.3) is 5.91 Å². The Kier molecular flexibility index (Phi) is 7.92. The molecule has 0 aliphatic rings. The molecule has 220 valence electrons. The summed E-state index contributed by atoms with van der Waals surface area (Å²) in [5.74, 6) is -0.552. The average molecular weight is 623 g/mol. The van der Waals surface area contributed by atoms with E-state index < -0.39 is 15.9 Å². The Morgan fingerprint density at radius 1 is 0.977 bits per heavy atom. The quantitative estimate of drug-likeness (QED) is 0.147. The van der Waals surface area contributed by atoms with E-state index in [1.54, 1.807) is 24.3 Å². The van der Waals surface area contributed by atoms with E-state index in [0.717, 1.165) is 20.8 Å². The first kappa shape index (κ1) is 29.1. The number of sulfonamides is 1. The minimum Gasteiger partial charge on any atom is -0.463 e. The number of amides is 1.